The third-order valence-electron chi connectivity index (χ3n) is 3.11. The van der Waals surface area contributed by atoms with Crippen molar-refractivity contribution in [1.82, 2.24) is 5.32 Å². The quantitative estimate of drug-likeness (QED) is 0.554. The lowest BCUT2D eigenvalue weighted by molar-refractivity contribution is 0.216. The van der Waals surface area contributed by atoms with Gasteiger partial charge >= 0.3 is 0 Å². The second kappa shape index (κ2) is 3.32. The minimum absolute atomic E-state index is 0.460. The van der Waals surface area contributed by atoms with E-state index in [4.69, 9.17) is 11.6 Å². The van der Waals surface area contributed by atoms with Crippen LogP contribution < -0.4 is 5.32 Å². The van der Waals surface area contributed by atoms with Crippen LogP contribution in [0.1, 0.15) is 32.1 Å². The number of alkyl halides is 1. The van der Waals surface area contributed by atoms with Crippen LogP contribution in [-0.4, -0.2) is 18.0 Å². The Hall–Kier alpha value is 0.250. The van der Waals surface area contributed by atoms with Gasteiger partial charge in [-0.05, 0) is 31.7 Å². The van der Waals surface area contributed by atoms with Crippen LogP contribution in [0.3, 0.4) is 0 Å². The Balaban J connectivity index is 1.99. The van der Waals surface area contributed by atoms with E-state index in [1.54, 1.807) is 0 Å². The van der Waals surface area contributed by atoms with E-state index < -0.39 is 0 Å². The first-order valence-electron chi connectivity index (χ1n) is 4.75. The molecule has 0 bridgehead atoms. The summed E-state index contributed by atoms with van der Waals surface area (Å²) in [4.78, 5) is 0. The monoisotopic (exact) mass is 173 g/mol. The topological polar surface area (TPSA) is 12.0 Å². The second-order valence-electron chi connectivity index (χ2n) is 3.81. The van der Waals surface area contributed by atoms with Crippen LogP contribution in [0.25, 0.3) is 0 Å². The fourth-order valence-electron chi connectivity index (χ4n) is 2.47. The highest BCUT2D eigenvalue weighted by Crippen LogP contribution is 2.33. The molecule has 0 spiro atoms. The summed E-state index contributed by atoms with van der Waals surface area (Å²) in [5, 5.41) is 4.03. The number of rotatable bonds is 0. The maximum atomic E-state index is 6.25. The minimum atomic E-state index is 0.460. The van der Waals surface area contributed by atoms with Gasteiger partial charge in [0.25, 0.3) is 0 Å². The molecule has 1 aliphatic heterocycles. The molecule has 0 radical (unpaired) electrons. The zero-order valence-electron chi connectivity index (χ0n) is 6.85. The van der Waals surface area contributed by atoms with Gasteiger partial charge in [-0.3, -0.25) is 0 Å². The van der Waals surface area contributed by atoms with Crippen LogP contribution in [0.4, 0.5) is 0 Å². The van der Waals surface area contributed by atoms with Gasteiger partial charge in [-0.15, -0.1) is 11.6 Å². The van der Waals surface area contributed by atoms with Crippen molar-refractivity contribution in [3.05, 3.63) is 0 Å². The predicted molar refractivity (Wildman–Crippen MR) is 48.0 cm³/mol. The third-order valence-corrected chi connectivity index (χ3v) is 3.65. The minimum Gasteiger partial charge on any atom is -0.314 e. The Morgan fingerprint density at radius 1 is 1.09 bits per heavy atom. The van der Waals surface area contributed by atoms with Crippen LogP contribution >= 0.6 is 11.6 Å². The van der Waals surface area contributed by atoms with E-state index >= 15 is 0 Å². The van der Waals surface area contributed by atoms with Gasteiger partial charge < -0.3 is 5.32 Å². The first-order chi connectivity index (χ1) is 5.38. The number of nitrogens with one attached hydrogen (secondary N) is 1. The second-order valence-corrected chi connectivity index (χ2v) is 4.37. The van der Waals surface area contributed by atoms with E-state index in [9.17, 15) is 0 Å². The first-order valence-corrected chi connectivity index (χ1v) is 5.19. The molecule has 1 saturated heterocycles. The highest BCUT2D eigenvalue weighted by molar-refractivity contribution is 6.20. The lowest BCUT2D eigenvalue weighted by atomic mass is 9.79. The molecule has 0 aromatic rings. The summed E-state index contributed by atoms with van der Waals surface area (Å²) in [6.07, 6.45) is 6.67. The summed E-state index contributed by atoms with van der Waals surface area (Å²) >= 11 is 6.25. The highest BCUT2D eigenvalue weighted by atomic mass is 35.5. The molecule has 1 aliphatic carbocycles. The van der Waals surface area contributed by atoms with Crippen molar-refractivity contribution in [3.63, 3.8) is 0 Å². The van der Waals surface area contributed by atoms with E-state index in [0.717, 1.165) is 18.5 Å². The Labute approximate surface area is 73.5 Å². The van der Waals surface area contributed by atoms with Crippen molar-refractivity contribution in [2.75, 3.05) is 6.54 Å². The summed E-state index contributed by atoms with van der Waals surface area (Å²) in [7, 11) is 0. The zero-order chi connectivity index (χ0) is 7.68. The highest BCUT2D eigenvalue weighted by Gasteiger charge is 2.33. The van der Waals surface area contributed by atoms with Crippen LogP contribution in [-0.2, 0) is 0 Å². The lowest BCUT2D eigenvalue weighted by Gasteiger charge is -2.39. The summed E-state index contributed by atoms with van der Waals surface area (Å²) in [6, 6.07) is 0.750. The summed E-state index contributed by atoms with van der Waals surface area (Å²) in [5.41, 5.74) is 0. The van der Waals surface area contributed by atoms with Crippen molar-refractivity contribution in [2.45, 2.75) is 43.5 Å². The van der Waals surface area contributed by atoms with E-state index in [1.807, 2.05) is 0 Å². The molecule has 2 heteroatoms. The average Bonchev–Trinajstić information content (AvgIpc) is 2.06. The molecule has 1 saturated carbocycles. The maximum absolute atomic E-state index is 6.25. The van der Waals surface area contributed by atoms with Gasteiger partial charge in [0, 0.05) is 11.4 Å². The van der Waals surface area contributed by atoms with E-state index in [1.165, 1.54) is 32.1 Å². The SMILES string of the molecule is Cl[C@@H]1CCN[C@@H]2CCCC[C@H]12. The molecular weight excluding hydrogens is 158 g/mol. The zero-order valence-corrected chi connectivity index (χ0v) is 7.61. The molecule has 64 valence electrons. The lowest BCUT2D eigenvalue weighted by Crippen LogP contribution is -2.48. The Kier molecular flexibility index (Phi) is 2.38. The van der Waals surface area contributed by atoms with Gasteiger partial charge in [-0.1, -0.05) is 12.8 Å². The van der Waals surface area contributed by atoms with Crippen LogP contribution in [0.2, 0.25) is 0 Å². The summed E-state index contributed by atoms with van der Waals surface area (Å²) in [5.74, 6) is 0.777. The van der Waals surface area contributed by atoms with Crippen LogP contribution in [0.15, 0.2) is 0 Å². The molecule has 2 aliphatic rings. The van der Waals surface area contributed by atoms with E-state index in [-0.39, 0.29) is 0 Å². The maximum Gasteiger partial charge on any atom is 0.0391 e. The fourth-order valence-corrected chi connectivity index (χ4v) is 2.88. The number of piperidine rings is 1. The number of fused-ring (bicyclic) bond motifs is 1. The molecule has 1 nitrogen and oxygen atoms in total. The molecule has 11 heavy (non-hydrogen) atoms. The van der Waals surface area contributed by atoms with Gasteiger partial charge in [0.1, 0.15) is 0 Å². The van der Waals surface area contributed by atoms with Gasteiger partial charge in [0.15, 0.2) is 0 Å². The van der Waals surface area contributed by atoms with Crippen LogP contribution in [0, 0.1) is 5.92 Å². The molecule has 0 aromatic heterocycles. The molecule has 0 amide bonds. The average molecular weight is 174 g/mol. The molecule has 2 rings (SSSR count). The summed E-state index contributed by atoms with van der Waals surface area (Å²) in [6.45, 7) is 1.13. The fraction of sp³-hybridized carbons (Fsp3) is 1.00. The van der Waals surface area contributed by atoms with E-state index in [0.29, 0.717) is 5.38 Å². The number of halogens is 1. The number of hydrogen-bond donors (Lipinski definition) is 1. The van der Waals surface area contributed by atoms with E-state index in [2.05, 4.69) is 5.32 Å². The standard InChI is InChI=1S/C9H16ClN/c10-8-5-6-11-9-4-2-1-3-7(8)9/h7-9,11H,1-6H2/t7-,8-,9-/m1/s1. The van der Waals surface area contributed by atoms with Crippen molar-refractivity contribution in [1.29, 1.82) is 0 Å². The molecular formula is C9H16ClN. The van der Waals surface area contributed by atoms with Crippen molar-refractivity contribution in [2.24, 2.45) is 5.92 Å². The van der Waals surface area contributed by atoms with Gasteiger partial charge in [-0.25, -0.2) is 0 Å². The molecule has 1 N–H and O–H groups in total. The molecule has 0 aromatic carbocycles. The van der Waals surface area contributed by atoms with Crippen molar-refractivity contribution < 1.29 is 0 Å². The van der Waals surface area contributed by atoms with Crippen LogP contribution in [0.5, 0.6) is 0 Å². The predicted octanol–water partition coefficient (Wildman–Crippen LogP) is 2.15. The van der Waals surface area contributed by atoms with Gasteiger partial charge in [0.2, 0.25) is 0 Å². The Morgan fingerprint density at radius 3 is 2.73 bits per heavy atom. The molecule has 0 unspecified atom stereocenters. The van der Waals surface area contributed by atoms with Gasteiger partial charge in [-0.2, -0.15) is 0 Å². The Morgan fingerprint density at radius 2 is 1.91 bits per heavy atom. The largest absolute Gasteiger partial charge is 0.314 e. The normalized spacial score (nSPS) is 45.0. The molecule has 1 heterocycles. The molecule has 2 fully saturated rings. The smallest absolute Gasteiger partial charge is 0.0391 e. The third kappa shape index (κ3) is 1.54. The van der Waals surface area contributed by atoms with Crippen molar-refractivity contribution >= 4 is 11.6 Å². The van der Waals surface area contributed by atoms with Crippen molar-refractivity contribution in [3.8, 4) is 0 Å². The Bertz CT molecular complexity index is 136. The first kappa shape index (κ1) is 7.88. The number of hydrogen-bond acceptors (Lipinski definition) is 1. The van der Waals surface area contributed by atoms with Gasteiger partial charge in [0.05, 0.1) is 0 Å². The molecule has 3 atom stereocenters. The summed E-state index contributed by atoms with van der Waals surface area (Å²) < 4.78 is 0.